The van der Waals surface area contributed by atoms with Gasteiger partial charge >= 0.3 is 0 Å². The van der Waals surface area contributed by atoms with E-state index in [9.17, 15) is 15.2 Å². The Kier molecular flexibility index (Phi) is 6.70. The van der Waals surface area contributed by atoms with Gasteiger partial charge in [0.1, 0.15) is 6.61 Å². The highest BCUT2D eigenvalue weighted by molar-refractivity contribution is 5.80. The van der Waals surface area contributed by atoms with E-state index in [1.165, 1.54) is 26.2 Å². The molecule has 1 N–H and O–H groups in total. The van der Waals surface area contributed by atoms with E-state index >= 15 is 0 Å². The fourth-order valence-corrected chi connectivity index (χ4v) is 2.66. The van der Waals surface area contributed by atoms with E-state index in [0.717, 1.165) is 23.7 Å². The molecule has 0 amide bonds. The molecule has 2 rings (SSSR count). The van der Waals surface area contributed by atoms with Crippen molar-refractivity contribution in [3.8, 4) is 5.88 Å². The number of aliphatic hydroxyl groups is 1. The van der Waals surface area contributed by atoms with Crippen molar-refractivity contribution in [2.45, 2.75) is 51.5 Å². The molecule has 2 aromatic rings. The molecule has 0 saturated carbocycles. The van der Waals surface area contributed by atoms with Crippen molar-refractivity contribution in [3.63, 3.8) is 0 Å². The molecule has 0 radical (unpaired) electrons. The summed E-state index contributed by atoms with van der Waals surface area (Å²) >= 11 is 0. The van der Waals surface area contributed by atoms with Crippen LogP contribution in [0.4, 0.5) is 0 Å². The first-order valence-corrected chi connectivity index (χ1v) is 8.80. The van der Waals surface area contributed by atoms with Gasteiger partial charge in [0.2, 0.25) is 5.88 Å². The minimum atomic E-state index is -1.51. The molecule has 0 spiro atoms. The Morgan fingerprint density at radius 2 is 1.96 bits per heavy atom. The summed E-state index contributed by atoms with van der Waals surface area (Å²) in [5.74, 6) is 0.565. The van der Waals surface area contributed by atoms with Crippen LogP contribution < -0.4 is 4.74 Å². The van der Waals surface area contributed by atoms with Crippen molar-refractivity contribution in [2.24, 2.45) is 0 Å². The summed E-state index contributed by atoms with van der Waals surface area (Å²) in [5, 5.41) is 21.5. The van der Waals surface area contributed by atoms with Crippen LogP contribution in [-0.2, 0) is 5.54 Å². The quantitative estimate of drug-likeness (QED) is 0.398. The molecule has 0 unspecified atom stereocenters. The van der Waals surface area contributed by atoms with Crippen molar-refractivity contribution in [1.29, 1.82) is 0 Å². The highest BCUT2D eigenvalue weighted by atomic mass is 16.6. The molecule has 6 heteroatoms. The van der Waals surface area contributed by atoms with Gasteiger partial charge in [0.15, 0.2) is 0 Å². The highest BCUT2D eigenvalue weighted by Crippen LogP contribution is 2.27. The lowest BCUT2D eigenvalue weighted by atomic mass is 9.92. The van der Waals surface area contributed by atoms with Crippen molar-refractivity contribution in [1.82, 2.24) is 4.98 Å². The number of hydrogen-bond acceptors (Lipinski definition) is 5. The van der Waals surface area contributed by atoms with Gasteiger partial charge in [0.05, 0.1) is 12.1 Å². The van der Waals surface area contributed by atoms with Gasteiger partial charge in [-0.3, -0.25) is 10.1 Å². The molecule has 1 aromatic carbocycles. The largest absolute Gasteiger partial charge is 0.478 e. The number of unbranched alkanes of at least 4 members (excludes halogenated alkanes) is 4. The van der Waals surface area contributed by atoms with Gasteiger partial charge in [-0.05, 0) is 30.7 Å². The Morgan fingerprint density at radius 1 is 1.20 bits per heavy atom. The SMILES string of the molecule is CCCCCCCOc1ccc2cc([C@](C)(CO)[N+](=O)[O-])ccc2n1. The first kappa shape index (κ1) is 19.1. The van der Waals surface area contributed by atoms with E-state index in [4.69, 9.17) is 4.74 Å². The first-order valence-electron chi connectivity index (χ1n) is 8.80. The van der Waals surface area contributed by atoms with Crippen molar-refractivity contribution in [3.05, 3.63) is 46.0 Å². The fourth-order valence-electron chi connectivity index (χ4n) is 2.66. The molecule has 0 aliphatic rings. The van der Waals surface area contributed by atoms with E-state index in [-0.39, 0.29) is 0 Å². The summed E-state index contributed by atoms with van der Waals surface area (Å²) in [5.41, 5.74) is -0.336. The maximum atomic E-state index is 11.3. The average Bonchev–Trinajstić information content (AvgIpc) is 2.63. The molecule has 0 bridgehead atoms. The monoisotopic (exact) mass is 346 g/mol. The standard InChI is InChI=1S/C19H26N2O4/c1-3-4-5-6-7-12-25-18-11-8-15-13-16(9-10-17(15)20-18)19(2,14-22)21(23)24/h8-11,13,22H,3-7,12,14H2,1-2H3/t19-/m0/s1. The van der Waals surface area contributed by atoms with Crippen LogP contribution in [0.3, 0.4) is 0 Å². The zero-order chi connectivity index (χ0) is 18.3. The van der Waals surface area contributed by atoms with Gasteiger partial charge < -0.3 is 9.84 Å². The Balaban J connectivity index is 2.07. The molecule has 0 aliphatic carbocycles. The third-order valence-corrected chi connectivity index (χ3v) is 4.49. The van der Waals surface area contributed by atoms with E-state index in [1.54, 1.807) is 24.3 Å². The van der Waals surface area contributed by atoms with E-state index < -0.39 is 17.1 Å². The number of rotatable bonds is 10. The number of ether oxygens (including phenoxy) is 1. The van der Waals surface area contributed by atoms with Crippen LogP contribution >= 0.6 is 0 Å². The van der Waals surface area contributed by atoms with E-state index in [0.29, 0.717) is 18.1 Å². The Morgan fingerprint density at radius 3 is 2.64 bits per heavy atom. The molecule has 1 heterocycles. The first-order chi connectivity index (χ1) is 12.0. The summed E-state index contributed by atoms with van der Waals surface area (Å²) < 4.78 is 5.69. The summed E-state index contributed by atoms with van der Waals surface area (Å²) in [6, 6.07) is 8.70. The predicted octanol–water partition coefficient (Wildman–Crippen LogP) is 4.07. The van der Waals surface area contributed by atoms with Crippen LogP contribution in [0.25, 0.3) is 10.9 Å². The second-order valence-electron chi connectivity index (χ2n) is 6.51. The second-order valence-corrected chi connectivity index (χ2v) is 6.51. The van der Waals surface area contributed by atoms with Crippen molar-refractivity contribution >= 4 is 10.9 Å². The fraction of sp³-hybridized carbons (Fsp3) is 0.526. The average molecular weight is 346 g/mol. The van der Waals surface area contributed by atoms with E-state index in [1.807, 2.05) is 6.07 Å². The van der Waals surface area contributed by atoms with Gasteiger partial charge in [0, 0.05) is 28.9 Å². The lowest BCUT2D eigenvalue weighted by Gasteiger charge is -2.19. The van der Waals surface area contributed by atoms with Crippen molar-refractivity contribution < 1.29 is 14.8 Å². The number of fused-ring (bicyclic) bond motifs is 1. The molecule has 136 valence electrons. The topological polar surface area (TPSA) is 85.5 Å². The molecule has 1 aromatic heterocycles. The van der Waals surface area contributed by atoms with Gasteiger partial charge in [0.25, 0.3) is 5.54 Å². The van der Waals surface area contributed by atoms with Gasteiger partial charge in [-0.1, -0.05) is 32.6 Å². The van der Waals surface area contributed by atoms with Crippen LogP contribution in [0.2, 0.25) is 0 Å². The second kappa shape index (κ2) is 8.76. The summed E-state index contributed by atoms with van der Waals surface area (Å²) in [6.07, 6.45) is 5.88. The van der Waals surface area contributed by atoms with Crippen molar-refractivity contribution in [2.75, 3.05) is 13.2 Å². The summed E-state index contributed by atoms with van der Waals surface area (Å²) in [7, 11) is 0. The van der Waals surface area contributed by atoms with E-state index in [2.05, 4.69) is 11.9 Å². The number of nitro groups is 1. The molecule has 0 saturated heterocycles. The molecular weight excluding hydrogens is 320 g/mol. The zero-order valence-electron chi connectivity index (χ0n) is 14.9. The maximum absolute atomic E-state index is 11.3. The molecule has 6 nitrogen and oxygen atoms in total. The number of benzene rings is 1. The van der Waals surface area contributed by atoms with Crippen LogP contribution in [0.1, 0.15) is 51.5 Å². The molecule has 25 heavy (non-hydrogen) atoms. The normalized spacial score (nSPS) is 13.6. The molecular formula is C19H26N2O4. The lowest BCUT2D eigenvalue weighted by molar-refractivity contribution is -0.578. The third-order valence-electron chi connectivity index (χ3n) is 4.49. The smallest absolute Gasteiger partial charge is 0.266 e. The number of nitrogens with zero attached hydrogens (tertiary/aromatic N) is 2. The zero-order valence-corrected chi connectivity index (χ0v) is 14.9. The van der Waals surface area contributed by atoms with Gasteiger partial charge in [-0.15, -0.1) is 0 Å². The minimum absolute atomic E-state index is 0.457. The Labute approximate surface area is 148 Å². The number of aromatic nitrogens is 1. The van der Waals surface area contributed by atoms with Crippen LogP contribution in [0.5, 0.6) is 5.88 Å². The molecule has 0 fully saturated rings. The highest BCUT2D eigenvalue weighted by Gasteiger charge is 2.38. The van der Waals surface area contributed by atoms with Crippen LogP contribution in [-0.4, -0.2) is 28.2 Å². The predicted molar refractivity (Wildman–Crippen MR) is 97.4 cm³/mol. The summed E-state index contributed by atoms with van der Waals surface area (Å²) in [4.78, 5) is 15.3. The minimum Gasteiger partial charge on any atom is -0.478 e. The lowest BCUT2D eigenvalue weighted by Crippen LogP contribution is -2.35. The third kappa shape index (κ3) is 4.66. The number of hydrogen-bond donors (Lipinski definition) is 1. The Bertz CT molecular complexity index is 720. The summed E-state index contributed by atoms with van der Waals surface area (Å²) in [6.45, 7) is 3.69. The number of aliphatic hydroxyl groups excluding tert-OH is 1. The van der Waals surface area contributed by atoms with Gasteiger partial charge in [-0.25, -0.2) is 4.98 Å². The van der Waals surface area contributed by atoms with Crippen LogP contribution in [0, 0.1) is 10.1 Å². The van der Waals surface area contributed by atoms with Crippen LogP contribution in [0.15, 0.2) is 30.3 Å². The molecule has 1 atom stereocenters. The molecule has 0 aliphatic heterocycles. The van der Waals surface area contributed by atoms with Gasteiger partial charge in [-0.2, -0.15) is 0 Å². The Hall–Kier alpha value is -2.21. The number of pyridine rings is 1. The maximum Gasteiger partial charge on any atom is 0.266 e.